The topological polar surface area (TPSA) is 3.24 Å². The quantitative estimate of drug-likeness (QED) is 0.557. The van der Waals surface area contributed by atoms with Gasteiger partial charge in [0.2, 0.25) is 0 Å². The lowest BCUT2D eigenvalue weighted by atomic mass is 9.71. The molecular weight excluding hydrogens is 134 g/mol. The second-order valence-electron chi connectivity index (χ2n) is 4.68. The van der Waals surface area contributed by atoms with Crippen molar-refractivity contribution < 1.29 is 0 Å². The van der Waals surface area contributed by atoms with Crippen LogP contribution in [0.25, 0.3) is 0 Å². The van der Waals surface area contributed by atoms with Crippen LogP contribution in [0.4, 0.5) is 0 Å². The first-order valence-corrected chi connectivity index (χ1v) is 4.90. The van der Waals surface area contributed by atoms with Crippen molar-refractivity contribution in [3.63, 3.8) is 0 Å². The van der Waals surface area contributed by atoms with Gasteiger partial charge in [0.15, 0.2) is 0 Å². The van der Waals surface area contributed by atoms with Gasteiger partial charge in [-0.2, -0.15) is 0 Å². The summed E-state index contributed by atoms with van der Waals surface area (Å²) in [5.41, 5.74) is 0. The van der Waals surface area contributed by atoms with E-state index >= 15 is 0 Å². The van der Waals surface area contributed by atoms with Gasteiger partial charge in [0.05, 0.1) is 0 Å². The Labute approximate surface area is 69.8 Å². The molecule has 0 bridgehead atoms. The molecule has 3 atom stereocenters. The smallest absolute Gasteiger partial charge is 0.0147 e. The molecule has 1 nitrogen and oxygen atoms in total. The van der Waals surface area contributed by atoms with E-state index in [0.717, 1.165) is 23.8 Å². The average molecular weight is 153 g/mol. The number of hydrogen-bond donors (Lipinski definition) is 0. The molecule has 0 aromatic carbocycles. The fourth-order valence-electron chi connectivity index (χ4n) is 3.09. The highest BCUT2D eigenvalue weighted by Gasteiger charge is 2.46. The molecule has 1 saturated heterocycles. The van der Waals surface area contributed by atoms with Crippen molar-refractivity contribution in [2.24, 2.45) is 17.8 Å². The van der Waals surface area contributed by atoms with E-state index in [1.54, 1.807) is 0 Å². The SMILES string of the molecule is CC(C)C1C2CCC2CN1C. The number of likely N-dealkylation sites (tertiary alicyclic amines) is 1. The van der Waals surface area contributed by atoms with E-state index in [-0.39, 0.29) is 0 Å². The molecule has 0 spiro atoms. The molecule has 0 amide bonds. The van der Waals surface area contributed by atoms with Crippen LogP contribution in [0.15, 0.2) is 0 Å². The van der Waals surface area contributed by atoms with E-state index in [2.05, 4.69) is 25.8 Å². The van der Waals surface area contributed by atoms with E-state index < -0.39 is 0 Å². The molecule has 64 valence electrons. The molecule has 0 N–H and O–H groups in total. The molecule has 2 fully saturated rings. The predicted molar refractivity (Wildman–Crippen MR) is 47.5 cm³/mol. The van der Waals surface area contributed by atoms with Gasteiger partial charge in [0.1, 0.15) is 0 Å². The third-order valence-electron chi connectivity index (χ3n) is 3.63. The molecule has 1 aliphatic heterocycles. The van der Waals surface area contributed by atoms with Crippen molar-refractivity contribution >= 4 is 0 Å². The lowest BCUT2D eigenvalue weighted by Crippen LogP contribution is -2.36. The third-order valence-corrected chi connectivity index (χ3v) is 3.63. The fraction of sp³-hybridized carbons (Fsp3) is 1.00. The molecule has 11 heavy (non-hydrogen) atoms. The first-order chi connectivity index (χ1) is 5.20. The minimum absolute atomic E-state index is 0.857. The molecule has 0 aromatic heterocycles. The minimum atomic E-state index is 0.857. The van der Waals surface area contributed by atoms with Crippen molar-refractivity contribution in [2.75, 3.05) is 13.6 Å². The van der Waals surface area contributed by atoms with Crippen molar-refractivity contribution in [1.29, 1.82) is 0 Å². The summed E-state index contributed by atoms with van der Waals surface area (Å²) in [5.74, 6) is 2.97. The number of rotatable bonds is 1. The van der Waals surface area contributed by atoms with Gasteiger partial charge in [-0.1, -0.05) is 13.8 Å². The van der Waals surface area contributed by atoms with Crippen molar-refractivity contribution in [2.45, 2.75) is 32.7 Å². The zero-order valence-corrected chi connectivity index (χ0v) is 7.88. The summed E-state index contributed by atoms with van der Waals surface area (Å²) in [6, 6.07) is 0.897. The lowest BCUT2D eigenvalue weighted by molar-refractivity contribution is 0.157. The van der Waals surface area contributed by atoms with Gasteiger partial charge in [0.25, 0.3) is 0 Å². The Kier molecular flexibility index (Phi) is 1.71. The standard InChI is InChI=1S/C10H19N/c1-7(2)10-9-5-4-8(9)6-11(10)3/h7-10H,4-6H2,1-3H3. The summed E-state index contributed by atoms with van der Waals surface area (Å²) in [6.07, 6.45) is 3.00. The van der Waals surface area contributed by atoms with Gasteiger partial charge >= 0.3 is 0 Å². The van der Waals surface area contributed by atoms with Crippen LogP contribution in [0.3, 0.4) is 0 Å². The lowest BCUT2D eigenvalue weighted by Gasteiger charge is -2.35. The Bertz CT molecular complexity index is 153. The maximum atomic E-state index is 2.58. The van der Waals surface area contributed by atoms with Crippen LogP contribution in [0.2, 0.25) is 0 Å². The highest BCUT2D eigenvalue weighted by atomic mass is 15.2. The molecule has 0 aromatic rings. The summed E-state index contributed by atoms with van der Waals surface area (Å²) >= 11 is 0. The van der Waals surface area contributed by atoms with Crippen molar-refractivity contribution in [1.82, 2.24) is 4.90 Å². The van der Waals surface area contributed by atoms with Gasteiger partial charge in [-0.05, 0) is 37.6 Å². The van der Waals surface area contributed by atoms with Gasteiger partial charge in [0, 0.05) is 12.6 Å². The highest BCUT2D eigenvalue weighted by molar-refractivity contribution is 4.98. The number of hydrogen-bond acceptors (Lipinski definition) is 1. The molecule has 1 aliphatic carbocycles. The summed E-state index contributed by atoms with van der Waals surface area (Å²) in [7, 11) is 2.29. The van der Waals surface area contributed by atoms with Gasteiger partial charge < -0.3 is 4.90 Å². The minimum Gasteiger partial charge on any atom is -0.303 e. The van der Waals surface area contributed by atoms with Gasteiger partial charge in [-0.15, -0.1) is 0 Å². The molecule has 3 unspecified atom stereocenters. The van der Waals surface area contributed by atoms with Crippen LogP contribution >= 0.6 is 0 Å². The zero-order valence-electron chi connectivity index (χ0n) is 7.88. The second kappa shape index (κ2) is 2.48. The van der Waals surface area contributed by atoms with E-state index in [1.165, 1.54) is 19.4 Å². The van der Waals surface area contributed by atoms with Crippen LogP contribution in [0.5, 0.6) is 0 Å². The predicted octanol–water partition coefficient (Wildman–Crippen LogP) is 1.98. The molecule has 1 heteroatoms. The molecular formula is C10H19N. The van der Waals surface area contributed by atoms with Gasteiger partial charge in [-0.3, -0.25) is 0 Å². The monoisotopic (exact) mass is 153 g/mol. The van der Waals surface area contributed by atoms with Gasteiger partial charge in [-0.25, -0.2) is 0 Å². The van der Waals surface area contributed by atoms with Crippen LogP contribution < -0.4 is 0 Å². The molecule has 2 rings (SSSR count). The largest absolute Gasteiger partial charge is 0.303 e. The Hall–Kier alpha value is -0.0400. The summed E-state index contributed by atoms with van der Waals surface area (Å²) < 4.78 is 0. The summed E-state index contributed by atoms with van der Waals surface area (Å²) in [4.78, 5) is 2.58. The number of nitrogens with zero attached hydrogens (tertiary/aromatic N) is 1. The Morgan fingerprint density at radius 1 is 1.27 bits per heavy atom. The Morgan fingerprint density at radius 3 is 2.27 bits per heavy atom. The molecule has 1 saturated carbocycles. The molecule has 1 heterocycles. The van der Waals surface area contributed by atoms with E-state index in [0.29, 0.717) is 0 Å². The zero-order chi connectivity index (χ0) is 8.01. The summed E-state index contributed by atoms with van der Waals surface area (Å²) in [5, 5.41) is 0. The maximum absolute atomic E-state index is 2.58. The average Bonchev–Trinajstić information content (AvgIpc) is 2.10. The molecule has 0 radical (unpaired) electrons. The summed E-state index contributed by atoms with van der Waals surface area (Å²) in [6.45, 7) is 6.09. The maximum Gasteiger partial charge on any atom is 0.0147 e. The Balaban J connectivity index is 2.07. The number of fused-ring (bicyclic) bond motifs is 1. The van der Waals surface area contributed by atoms with Crippen molar-refractivity contribution in [3.05, 3.63) is 0 Å². The molecule has 2 aliphatic rings. The van der Waals surface area contributed by atoms with Crippen LogP contribution in [0, 0.1) is 17.8 Å². The fourth-order valence-corrected chi connectivity index (χ4v) is 3.09. The van der Waals surface area contributed by atoms with E-state index in [9.17, 15) is 0 Å². The van der Waals surface area contributed by atoms with Crippen molar-refractivity contribution in [3.8, 4) is 0 Å². The normalized spacial score (nSPS) is 44.2. The van der Waals surface area contributed by atoms with Crippen LogP contribution in [-0.2, 0) is 0 Å². The van der Waals surface area contributed by atoms with Crippen LogP contribution in [0.1, 0.15) is 26.7 Å². The van der Waals surface area contributed by atoms with Crippen LogP contribution in [-0.4, -0.2) is 24.5 Å². The third kappa shape index (κ3) is 1.01. The van der Waals surface area contributed by atoms with E-state index in [1.807, 2.05) is 0 Å². The van der Waals surface area contributed by atoms with E-state index in [4.69, 9.17) is 0 Å². The first kappa shape index (κ1) is 7.60. The Morgan fingerprint density at radius 2 is 2.00 bits per heavy atom. The second-order valence-corrected chi connectivity index (χ2v) is 4.68. The highest BCUT2D eigenvalue weighted by Crippen LogP contribution is 2.46. The first-order valence-electron chi connectivity index (χ1n) is 4.90.